The van der Waals surface area contributed by atoms with Crippen molar-refractivity contribution >= 4 is 43.0 Å². The second kappa shape index (κ2) is 9.37. The maximum atomic E-state index is 11.9. The second-order valence-corrected chi connectivity index (χ2v) is 12.5. The number of hydrogen-bond acceptors (Lipinski definition) is 10. The number of morpholine rings is 1. The van der Waals surface area contributed by atoms with Gasteiger partial charge in [-0.25, -0.2) is 23.4 Å². The molecule has 2 saturated heterocycles. The molecule has 0 saturated carbocycles. The molecule has 34 heavy (non-hydrogen) atoms. The van der Waals surface area contributed by atoms with E-state index < -0.39 is 9.84 Å². The number of aromatic nitrogens is 3. The summed E-state index contributed by atoms with van der Waals surface area (Å²) in [5, 5.41) is -0.220. The van der Waals surface area contributed by atoms with Gasteiger partial charge in [0, 0.05) is 42.5 Å². The van der Waals surface area contributed by atoms with Gasteiger partial charge < -0.3 is 15.4 Å². The Morgan fingerprint density at radius 2 is 1.88 bits per heavy atom. The molecular weight excluding hydrogens is 472 g/mol. The first-order chi connectivity index (χ1) is 16.3. The van der Waals surface area contributed by atoms with Crippen LogP contribution in [0.4, 0.5) is 11.6 Å². The Labute approximate surface area is 203 Å². The maximum Gasteiger partial charge on any atom is 0.163 e. The fourth-order valence-corrected chi connectivity index (χ4v) is 7.00. The van der Waals surface area contributed by atoms with E-state index >= 15 is 0 Å². The van der Waals surface area contributed by atoms with Gasteiger partial charge in [-0.2, -0.15) is 0 Å². The molecule has 3 aromatic rings. The summed E-state index contributed by atoms with van der Waals surface area (Å²) in [6.45, 7) is 7.43. The monoisotopic (exact) mass is 502 g/mol. The highest BCUT2D eigenvalue weighted by Crippen LogP contribution is 2.38. The molecule has 9 nitrogen and oxygen atoms in total. The molecule has 2 N–H and O–H groups in total. The average Bonchev–Trinajstić information content (AvgIpc) is 3.14. The molecule has 5 rings (SSSR count). The van der Waals surface area contributed by atoms with Crippen molar-refractivity contribution in [3.63, 3.8) is 0 Å². The molecule has 0 amide bonds. The molecule has 0 aromatic carbocycles. The van der Waals surface area contributed by atoms with E-state index in [-0.39, 0.29) is 5.25 Å². The van der Waals surface area contributed by atoms with Crippen LogP contribution in [-0.4, -0.2) is 79.2 Å². The van der Waals surface area contributed by atoms with Gasteiger partial charge in [0.15, 0.2) is 11.6 Å². The lowest BCUT2D eigenvalue weighted by Gasteiger charge is -2.30. The SMILES string of the molecule is Cc1c(CN2CCC(S(C)(=O)=O)CC2)sc2c(N3CCOCC3)nc(-c3ccc(N)nc3)nc12. The number of nitrogens with zero attached hydrogens (tertiary/aromatic N) is 5. The number of likely N-dealkylation sites (tertiary alicyclic amines) is 1. The topological polar surface area (TPSA) is 115 Å². The molecule has 5 heterocycles. The third-order valence-corrected chi connectivity index (χ3v) is 9.65. The number of ether oxygens (including phenoxy) is 1. The Hall–Kier alpha value is -2.34. The fraction of sp³-hybridized carbons (Fsp3) is 0.522. The molecule has 2 aliphatic heterocycles. The lowest BCUT2D eigenvalue weighted by atomic mass is 10.1. The molecule has 2 fully saturated rings. The molecule has 0 bridgehead atoms. The minimum Gasteiger partial charge on any atom is -0.384 e. The standard InChI is InChI=1S/C23H30N6O3S2/c1-15-18(14-28-7-5-17(6-8-28)34(2,30)31)33-21-20(15)26-22(16-3-4-19(24)25-13-16)27-23(21)29-9-11-32-12-10-29/h3-4,13,17H,5-12,14H2,1-2H3,(H2,24,25). The zero-order valence-electron chi connectivity index (χ0n) is 19.5. The van der Waals surface area contributed by atoms with Crippen LogP contribution in [0.3, 0.4) is 0 Å². The van der Waals surface area contributed by atoms with Gasteiger partial charge in [-0.05, 0) is 50.6 Å². The first-order valence-corrected chi connectivity index (χ1v) is 14.3. The highest BCUT2D eigenvalue weighted by molar-refractivity contribution is 7.91. The van der Waals surface area contributed by atoms with E-state index in [1.165, 1.54) is 11.1 Å². The summed E-state index contributed by atoms with van der Waals surface area (Å²) in [6.07, 6.45) is 4.45. The molecule has 182 valence electrons. The number of anilines is 2. The van der Waals surface area contributed by atoms with E-state index in [1.54, 1.807) is 23.6 Å². The Bertz CT molecular complexity index is 1280. The van der Waals surface area contributed by atoms with Crippen LogP contribution < -0.4 is 10.6 Å². The highest BCUT2D eigenvalue weighted by Gasteiger charge is 2.28. The van der Waals surface area contributed by atoms with E-state index in [0.717, 1.165) is 59.9 Å². The van der Waals surface area contributed by atoms with Gasteiger partial charge in [-0.15, -0.1) is 11.3 Å². The van der Waals surface area contributed by atoms with Crippen molar-refractivity contribution in [2.45, 2.75) is 31.6 Å². The van der Waals surface area contributed by atoms with Crippen molar-refractivity contribution < 1.29 is 13.2 Å². The van der Waals surface area contributed by atoms with Gasteiger partial charge >= 0.3 is 0 Å². The second-order valence-electron chi connectivity index (χ2n) is 9.07. The number of rotatable bonds is 5. The van der Waals surface area contributed by atoms with Gasteiger partial charge in [-0.1, -0.05) is 0 Å². The minimum absolute atomic E-state index is 0.220. The average molecular weight is 503 g/mol. The number of sulfone groups is 1. The van der Waals surface area contributed by atoms with E-state index in [1.807, 2.05) is 6.07 Å². The van der Waals surface area contributed by atoms with E-state index in [0.29, 0.717) is 37.7 Å². The van der Waals surface area contributed by atoms with E-state index in [9.17, 15) is 8.42 Å². The van der Waals surface area contributed by atoms with Gasteiger partial charge in [0.25, 0.3) is 0 Å². The largest absolute Gasteiger partial charge is 0.384 e. The molecule has 0 aliphatic carbocycles. The number of aryl methyl sites for hydroxylation is 1. The third kappa shape index (κ3) is 4.74. The van der Waals surface area contributed by atoms with Crippen molar-refractivity contribution in [2.75, 3.05) is 56.3 Å². The molecule has 11 heteroatoms. The number of pyridine rings is 1. The number of nitrogens with two attached hydrogens (primary N) is 1. The normalized spacial score (nSPS) is 18.6. The summed E-state index contributed by atoms with van der Waals surface area (Å²) in [7, 11) is -2.97. The zero-order chi connectivity index (χ0) is 23.9. The maximum absolute atomic E-state index is 11.9. The molecule has 0 unspecified atom stereocenters. The molecule has 0 radical (unpaired) electrons. The lowest BCUT2D eigenvalue weighted by Crippen LogP contribution is -2.38. The summed E-state index contributed by atoms with van der Waals surface area (Å²) in [6, 6.07) is 3.67. The smallest absolute Gasteiger partial charge is 0.163 e. The summed E-state index contributed by atoms with van der Waals surface area (Å²) >= 11 is 1.75. The van der Waals surface area contributed by atoms with Crippen LogP contribution in [0.25, 0.3) is 21.6 Å². The van der Waals surface area contributed by atoms with Gasteiger partial charge in [0.1, 0.15) is 15.7 Å². The Morgan fingerprint density at radius 1 is 1.15 bits per heavy atom. The Morgan fingerprint density at radius 3 is 2.53 bits per heavy atom. The summed E-state index contributed by atoms with van der Waals surface area (Å²) < 4.78 is 30.5. The van der Waals surface area contributed by atoms with Gasteiger partial charge in [0.2, 0.25) is 0 Å². The van der Waals surface area contributed by atoms with E-state index in [2.05, 4.69) is 21.7 Å². The van der Waals surface area contributed by atoms with Crippen LogP contribution in [0.5, 0.6) is 0 Å². The number of thiophene rings is 1. The van der Waals surface area contributed by atoms with Crippen molar-refractivity contribution in [2.24, 2.45) is 0 Å². The van der Waals surface area contributed by atoms with Gasteiger partial charge in [0.05, 0.1) is 28.7 Å². The molecule has 0 atom stereocenters. The number of hydrogen-bond donors (Lipinski definition) is 1. The number of fused-ring (bicyclic) bond motifs is 1. The zero-order valence-corrected chi connectivity index (χ0v) is 21.2. The minimum atomic E-state index is -2.97. The van der Waals surface area contributed by atoms with Crippen LogP contribution in [-0.2, 0) is 21.1 Å². The van der Waals surface area contributed by atoms with E-state index in [4.69, 9.17) is 20.4 Å². The molecular formula is C23H30N6O3S2. The van der Waals surface area contributed by atoms with Crippen LogP contribution in [0.1, 0.15) is 23.3 Å². The molecule has 3 aromatic heterocycles. The molecule has 0 spiro atoms. The first-order valence-electron chi connectivity index (χ1n) is 11.6. The number of piperidine rings is 1. The van der Waals surface area contributed by atoms with Crippen LogP contribution in [0.15, 0.2) is 18.3 Å². The van der Waals surface area contributed by atoms with Crippen LogP contribution >= 0.6 is 11.3 Å². The summed E-state index contributed by atoms with van der Waals surface area (Å²) in [5.41, 5.74) is 8.74. The van der Waals surface area contributed by atoms with Crippen molar-refractivity contribution in [1.82, 2.24) is 19.9 Å². The predicted octanol–water partition coefficient (Wildman–Crippen LogP) is 2.49. The van der Waals surface area contributed by atoms with Crippen molar-refractivity contribution in [3.8, 4) is 11.4 Å². The first kappa shape index (κ1) is 23.4. The van der Waals surface area contributed by atoms with Crippen molar-refractivity contribution in [3.05, 3.63) is 28.8 Å². The van der Waals surface area contributed by atoms with Crippen LogP contribution in [0, 0.1) is 6.92 Å². The fourth-order valence-electron chi connectivity index (χ4n) is 4.62. The third-order valence-electron chi connectivity index (χ3n) is 6.71. The van der Waals surface area contributed by atoms with Gasteiger partial charge in [-0.3, -0.25) is 4.90 Å². The van der Waals surface area contributed by atoms with Crippen molar-refractivity contribution in [1.29, 1.82) is 0 Å². The molecule has 2 aliphatic rings. The Kier molecular flexibility index (Phi) is 6.45. The summed E-state index contributed by atoms with van der Waals surface area (Å²) in [5.74, 6) is 2.05. The highest BCUT2D eigenvalue weighted by atomic mass is 32.2. The predicted molar refractivity (Wildman–Crippen MR) is 136 cm³/mol. The number of nitrogen functional groups attached to an aromatic ring is 1. The Balaban J connectivity index is 1.49. The lowest BCUT2D eigenvalue weighted by molar-refractivity contribution is 0.122. The summed E-state index contributed by atoms with van der Waals surface area (Å²) in [4.78, 5) is 20.0. The quantitative estimate of drug-likeness (QED) is 0.562. The van der Waals surface area contributed by atoms with Crippen LogP contribution in [0.2, 0.25) is 0 Å².